The smallest absolute Gasteiger partial charge is 0.160 e. The van der Waals surface area contributed by atoms with E-state index in [2.05, 4.69) is 63.5 Å². The molecule has 9 N–H and O–H groups in total. The lowest BCUT2D eigenvalue weighted by molar-refractivity contribution is -0.233. The number of phenolic OH excluding ortho intramolecular Hbond substituents is 1. The first-order chi connectivity index (χ1) is 37.7. The van der Waals surface area contributed by atoms with Gasteiger partial charge in [-0.3, -0.25) is 9.59 Å². The van der Waals surface area contributed by atoms with Crippen LogP contribution in [0.15, 0.2) is 53.6 Å². The molecule has 2 aromatic rings. The largest absolute Gasteiger partial charge is 0.508 e. The number of aliphatic hydroxyl groups is 4. The number of phenols is 1. The first-order valence-electron chi connectivity index (χ1n) is 31.9. The third-order valence-corrected chi connectivity index (χ3v) is 24.8. The van der Waals surface area contributed by atoms with E-state index in [0.29, 0.717) is 57.5 Å². The Morgan fingerprint density at radius 1 is 0.899 bits per heavy atom. The molecule has 436 valence electrons. The summed E-state index contributed by atoms with van der Waals surface area (Å²) in [6.45, 7) is 14.7. The summed E-state index contributed by atoms with van der Waals surface area (Å²) in [4.78, 5) is 32.1. The number of Topliss-reactive ketones (excluding diaryl/α,β-unsaturated/α-hetero) is 2. The first-order valence-corrected chi connectivity index (χ1v) is 31.9. The summed E-state index contributed by atoms with van der Waals surface area (Å²) in [7, 11) is 1.91. The molecule has 11 heteroatoms. The number of ketones is 2. The Hall–Kier alpha value is -3.16. The van der Waals surface area contributed by atoms with Gasteiger partial charge in [0.1, 0.15) is 17.6 Å². The maximum Gasteiger partial charge on any atom is 0.160 e. The number of hydrogen-bond acceptors (Lipinski definition) is 11. The van der Waals surface area contributed by atoms with E-state index in [1.165, 1.54) is 11.1 Å². The molecule has 2 heterocycles. The number of nitrogens with two attached hydrogens (primary N) is 1. The van der Waals surface area contributed by atoms with Crippen molar-refractivity contribution >= 4 is 17.3 Å². The standard InChI is InChI=1S/C68H101N3O8/c1-8-9-10-15-44-29-43-21-20-40(37-72)28-49(43)50(32-56(75)62-67(6,79-62)52-19-14-18-48(52)42-16-13-17-46(69)30-42)59-53-22-23-58-65(4)33-51(45-26-41(36-70-7)27-47(74)31-45)61(77)64(3)25-12-11-24-63(2,78)39-71-55(60(64)65)34-68(58,54(44)38-73)66(53,5)35-57(59)76/h13,16-17,26-27,30-31,40,43-44,48-52,54-56,58,60,62,70-75,78H,8-12,14-15,18-25,28-29,32-39,69H2,1-7H3/t40-,43-,44-,48-,49-,50+,51-,52-,54-,55+,56-,58-,60+,62-,63+,64-,65+,66+,67-,68-/m1/s1. The van der Waals surface area contributed by atoms with Crippen LogP contribution >= 0.6 is 0 Å². The number of allylic oxidation sites excluding steroid dienone is 2. The monoisotopic (exact) mass is 1090 g/mol. The number of aromatic hydroxyl groups is 1. The van der Waals surface area contributed by atoms with Gasteiger partial charge in [-0.25, -0.2) is 0 Å². The third-order valence-electron chi connectivity index (χ3n) is 24.8. The van der Waals surface area contributed by atoms with E-state index in [1.54, 1.807) is 6.07 Å². The fraction of sp³-hybridized carbons (Fsp3) is 0.765. The van der Waals surface area contributed by atoms with E-state index in [1.807, 2.05) is 32.2 Å². The van der Waals surface area contributed by atoms with Gasteiger partial charge in [-0.1, -0.05) is 96.4 Å². The number of unbranched alkanes of at least 4 members (excludes halogenated alkanes) is 2. The van der Waals surface area contributed by atoms with Crippen LogP contribution in [0.1, 0.15) is 205 Å². The van der Waals surface area contributed by atoms with E-state index in [0.717, 1.165) is 119 Å². The van der Waals surface area contributed by atoms with Gasteiger partial charge in [0.2, 0.25) is 0 Å². The number of carbonyl (C=O) groups excluding carboxylic acids is 2. The summed E-state index contributed by atoms with van der Waals surface area (Å²) in [5, 5.41) is 67.7. The number of nitrogen functional groups attached to an aromatic ring is 1. The summed E-state index contributed by atoms with van der Waals surface area (Å²) in [6.07, 6.45) is 16.5. The summed E-state index contributed by atoms with van der Waals surface area (Å²) in [6, 6.07) is 13.9. The predicted octanol–water partition coefficient (Wildman–Crippen LogP) is 11.1. The molecular weight excluding hydrogens is 987 g/mol. The normalized spacial score (nSPS) is 44.4. The maximum absolute atomic E-state index is 16.1. The summed E-state index contributed by atoms with van der Waals surface area (Å²) >= 11 is 0. The minimum Gasteiger partial charge on any atom is -0.508 e. The fourth-order valence-corrected chi connectivity index (χ4v) is 21.7. The van der Waals surface area contributed by atoms with Crippen LogP contribution in [0.4, 0.5) is 5.69 Å². The molecule has 0 unspecified atom stereocenters. The lowest BCUT2D eigenvalue weighted by atomic mass is 9.31. The van der Waals surface area contributed by atoms with Crippen LogP contribution in [-0.2, 0) is 20.9 Å². The molecule has 4 bridgehead atoms. The molecule has 0 amide bonds. The summed E-state index contributed by atoms with van der Waals surface area (Å²) in [5.74, 6) is 0.926. The van der Waals surface area contributed by atoms with Crippen LogP contribution in [0.25, 0.3) is 0 Å². The van der Waals surface area contributed by atoms with E-state index in [9.17, 15) is 25.5 Å². The quantitative estimate of drug-likeness (QED) is 0.0509. The molecule has 11 nitrogen and oxygen atoms in total. The molecule has 0 aromatic heterocycles. The van der Waals surface area contributed by atoms with Crippen molar-refractivity contribution < 1.29 is 39.9 Å². The number of anilines is 1. The molecule has 2 aliphatic heterocycles. The topological polar surface area (TPSA) is 198 Å². The summed E-state index contributed by atoms with van der Waals surface area (Å²) in [5.41, 5.74) is 8.54. The highest BCUT2D eigenvalue weighted by Gasteiger charge is 2.76. The van der Waals surface area contributed by atoms with Gasteiger partial charge in [-0.15, -0.1) is 0 Å². The number of β-amino-alcohol motifs (C(OH)–C–C–N with tert-alkyl or cyclic N) is 1. The molecule has 20 atom stereocenters. The molecule has 9 aliphatic rings. The van der Waals surface area contributed by atoms with E-state index in [4.69, 9.17) is 10.5 Å². The van der Waals surface area contributed by atoms with Crippen molar-refractivity contribution in [1.29, 1.82) is 0 Å². The predicted molar refractivity (Wildman–Crippen MR) is 311 cm³/mol. The lowest BCUT2D eigenvalue weighted by Crippen LogP contribution is -2.73. The molecule has 7 aliphatic carbocycles. The number of fused-ring (bicyclic) bond motifs is 2. The van der Waals surface area contributed by atoms with Crippen molar-refractivity contribution in [3.05, 3.63) is 70.3 Å². The average Bonchev–Trinajstić information content (AvgIpc) is 3.98. The Morgan fingerprint density at radius 3 is 2.44 bits per heavy atom. The second-order valence-corrected chi connectivity index (χ2v) is 29.3. The molecule has 2 aromatic carbocycles. The number of nitrogens with one attached hydrogen (secondary N) is 2. The van der Waals surface area contributed by atoms with Gasteiger partial charge in [0.05, 0.1) is 17.3 Å². The summed E-state index contributed by atoms with van der Waals surface area (Å²) < 4.78 is 6.85. The number of carbonyl (C=O) groups is 2. The van der Waals surface area contributed by atoms with E-state index < -0.39 is 44.9 Å². The van der Waals surface area contributed by atoms with Gasteiger partial charge in [0.25, 0.3) is 0 Å². The van der Waals surface area contributed by atoms with Gasteiger partial charge in [-0.2, -0.15) is 0 Å². The van der Waals surface area contributed by atoms with Crippen molar-refractivity contribution in [2.75, 3.05) is 32.5 Å². The number of ether oxygens (including phenoxy) is 1. The maximum atomic E-state index is 16.1. The van der Waals surface area contributed by atoms with Crippen molar-refractivity contribution in [1.82, 2.24) is 10.6 Å². The SMILES string of the molecule is CCCCC[C@@H]1C[C@H]2CC[C@@H](CO)C[C@H]2[C@H](C[C@@H](O)[C@H]2O[C@]2(C)[C@@H]2CCC[C@@H]2c2cccc(N)c2)C2=C3CC[C@@H]4[C@]5(C)C[C@H](c6cc(O)cc(CNC)c6)C(=O)[C@]6(C)CCCC[C@](C)(O)CN[C@@H](C[C@]4([C@@H]1CO)[C@@]3(C)CC2=O)[C@H]56. The van der Waals surface area contributed by atoms with E-state index >= 15 is 9.59 Å². The molecule has 5 saturated carbocycles. The van der Waals surface area contributed by atoms with Crippen molar-refractivity contribution in [3.8, 4) is 5.75 Å². The molecular formula is C68H101N3O8. The molecule has 1 spiro atoms. The fourth-order valence-electron chi connectivity index (χ4n) is 21.7. The minimum absolute atomic E-state index is 0.0125. The van der Waals surface area contributed by atoms with Crippen molar-refractivity contribution in [3.63, 3.8) is 0 Å². The zero-order valence-electron chi connectivity index (χ0n) is 49.3. The Morgan fingerprint density at radius 2 is 1.70 bits per heavy atom. The van der Waals surface area contributed by atoms with Crippen molar-refractivity contribution in [2.45, 2.75) is 224 Å². The third kappa shape index (κ3) is 9.65. The number of epoxide rings is 1. The van der Waals surface area contributed by atoms with Crippen LogP contribution < -0.4 is 16.4 Å². The Labute approximate surface area is 473 Å². The van der Waals surface area contributed by atoms with Crippen molar-refractivity contribution in [2.24, 2.45) is 74.9 Å². The minimum atomic E-state index is -0.954. The Bertz CT molecular complexity index is 2620. The Kier molecular flexibility index (Phi) is 15.9. The van der Waals surface area contributed by atoms with Gasteiger partial charge in [0, 0.05) is 61.2 Å². The molecule has 7 fully saturated rings. The molecule has 0 radical (unpaired) electrons. The van der Waals surface area contributed by atoms with Crippen LogP contribution in [0.3, 0.4) is 0 Å². The van der Waals surface area contributed by atoms with Gasteiger partial charge < -0.3 is 46.6 Å². The highest BCUT2D eigenvalue weighted by molar-refractivity contribution is 6.01. The average molecular weight is 1090 g/mol. The highest BCUT2D eigenvalue weighted by atomic mass is 16.6. The van der Waals surface area contributed by atoms with Crippen LogP contribution in [-0.4, -0.2) is 93.4 Å². The Balaban J connectivity index is 1.07. The second-order valence-electron chi connectivity index (χ2n) is 29.3. The number of hydrogen-bond donors (Lipinski definition) is 8. The van der Waals surface area contributed by atoms with E-state index in [-0.39, 0.29) is 95.9 Å². The first kappa shape index (κ1) is 57.6. The van der Waals surface area contributed by atoms with Crippen LogP contribution in [0.2, 0.25) is 0 Å². The number of aliphatic hydroxyl groups excluding tert-OH is 3. The molecule has 2 saturated heterocycles. The molecule has 11 rings (SSSR count). The van der Waals surface area contributed by atoms with Crippen LogP contribution in [0.5, 0.6) is 5.75 Å². The van der Waals surface area contributed by atoms with Gasteiger partial charge in [-0.05, 0) is 221 Å². The van der Waals surface area contributed by atoms with Gasteiger partial charge in [0.15, 0.2) is 5.78 Å². The highest BCUT2D eigenvalue weighted by Crippen LogP contribution is 2.79. The number of benzene rings is 2. The molecule has 79 heavy (non-hydrogen) atoms. The van der Waals surface area contributed by atoms with Crippen LogP contribution in [0, 0.1) is 74.9 Å². The lowest BCUT2D eigenvalue weighted by Gasteiger charge is -2.74. The second kappa shape index (κ2) is 21.8. The van der Waals surface area contributed by atoms with Gasteiger partial charge >= 0.3 is 0 Å². The zero-order valence-corrected chi connectivity index (χ0v) is 49.3. The zero-order chi connectivity index (χ0) is 56.0. The number of rotatable bonds is 14.